The van der Waals surface area contributed by atoms with Crippen LogP contribution in [0.3, 0.4) is 0 Å². The van der Waals surface area contributed by atoms with E-state index in [1.165, 1.54) is 11.3 Å². The van der Waals surface area contributed by atoms with Crippen LogP contribution in [0.15, 0.2) is 29.2 Å². The summed E-state index contributed by atoms with van der Waals surface area (Å²) < 4.78 is 53.0. The maximum Gasteiger partial charge on any atom is 0.341 e. The first-order valence-corrected chi connectivity index (χ1v) is 10.2. The van der Waals surface area contributed by atoms with E-state index in [9.17, 15) is 26.8 Å². The minimum Gasteiger partial charge on any atom is -0.462 e. The molecule has 2 rings (SSSR count). The van der Waals surface area contributed by atoms with Crippen molar-refractivity contribution < 1.29 is 31.5 Å². The van der Waals surface area contributed by atoms with Crippen LogP contribution in [0.5, 0.6) is 0 Å². The second kappa shape index (κ2) is 8.13. The van der Waals surface area contributed by atoms with Crippen molar-refractivity contribution in [3.05, 3.63) is 45.8 Å². The number of alkyl halides is 2. The quantitative estimate of drug-likeness (QED) is 0.723. The van der Waals surface area contributed by atoms with Gasteiger partial charge in [-0.05, 0) is 50.6 Å². The van der Waals surface area contributed by atoms with E-state index in [1.54, 1.807) is 20.8 Å². The van der Waals surface area contributed by atoms with Gasteiger partial charge in [0.15, 0.2) is 0 Å². The number of rotatable bonds is 6. The average molecular weight is 417 g/mol. The summed E-state index contributed by atoms with van der Waals surface area (Å²) in [5.41, 5.74) is 0.999. The van der Waals surface area contributed by atoms with Gasteiger partial charge in [0.2, 0.25) is 9.84 Å². The molecule has 0 aliphatic rings. The highest BCUT2D eigenvalue weighted by molar-refractivity contribution is 7.91. The average Bonchev–Trinajstić information content (AvgIpc) is 2.88. The van der Waals surface area contributed by atoms with Crippen molar-refractivity contribution in [2.45, 2.75) is 31.4 Å². The molecular formula is C17H17F2NO5S2. The van der Waals surface area contributed by atoms with Crippen LogP contribution in [0.1, 0.15) is 38.1 Å². The highest BCUT2D eigenvalue weighted by Gasteiger charge is 2.27. The number of amides is 1. The third-order valence-electron chi connectivity index (χ3n) is 3.77. The molecule has 1 aromatic carbocycles. The molecular weight excluding hydrogens is 400 g/mol. The van der Waals surface area contributed by atoms with Crippen LogP contribution in [-0.4, -0.2) is 32.7 Å². The molecule has 1 heterocycles. The molecule has 0 aliphatic heterocycles. The smallest absolute Gasteiger partial charge is 0.341 e. The van der Waals surface area contributed by atoms with Crippen molar-refractivity contribution in [2.24, 2.45) is 0 Å². The maximum atomic E-state index is 12.6. The van der Waals surface area contributed by atoms with Crippen molar-refractivity contribution >= 4 is 38.1 Å². The first kappa shape index (κ1) is 21.0. The van der Waals surface area contributed by atoms with E-state index in [1.807, 2.05) is 0 Å². The fraction of sp³-hybridized carbons (Fsp3) is 0.294. The van der Waals surface area contributed by atoms with Crippen LogP contribution >= 0.6 is 11.3 Å². The predicted molar refractivity (Wildman–Crippen MR) is 97.3 cm³/mol. The van der Waals surface area contributed by atoms with Crippen molar-refractivity contribution in [1.29, 1.82) is 0 Å². The summed E-state index contributed by atoms with van der Waals surface area (Å²) in [5, 5.41) is 2.89. The first-order valence-electron chi connectivity index (χ1n) is 7.80. The Bertz CT molecular complexity index is 966. The Hall–Kier alpha value is -2.33. The molecule has 1 amide bonds. The summed E-state index contributed by atoms with van der Waals surface area (Å²) in [5.74, 6) is -4.71. The summed E-state index contributed by atoms with van der Waals surface area (Å²) in [4.78, 5) is 24.8. The molecule has 146 valence electrons. The number of nitrogens with one attached hydrogen (secondary N) is 1. The van der Waals surface area contributed by atoms with Gasteiger partial charge in [-0.25, -0.2) is 13.2 Å². The largest absolute Gasteiger partial charge is 0.462 e. The van der Waals surface area contributed by atoms with Crippen molar-refractivity contribution in [3.63, 3.8) is 0 Å². The fourth-order valence-corrected chi connectivity index (χ4v) is 4.00. The summed E-state index contributed by atoms with van der Waals surface area (Å²) in [6.07, 6.45) is 0. The van der Waals surface area contributed by atoms with Gasteiger partial charge in [-0.15, -0.1) is 11.3 Å². The number of halogens is 2. The van der Waals surface area contributed by atoms with E-state index < -0.39 is 32.4 Å². The Balaban J connectivity index is 2.28. The highest BCUT2D eigenvalue weighted by atomic mass is 32.2. The minimum atomic E-state index is -4.73. The van der Waals surface area contributed by atoms with Gasteiger partial charge in [0.25, 0.3) is 5.91 Å². The first-order chi connectivity index (χ1) is 12.6. The zero-order chi connectivity index (χ0) is 20.4. The molecule has 0 aliphatic carbocycles. The van der Waals surface area contributed by atoms with Gasteiger partial charge in [0.05, 0.1) is 17.1 Å². The number of carbonyl (C=O) groups excluding carboxylic acids is 2. The number of ether oxygens (including phenoxy) is 1. The number of anilines is 1. The van der Waals surface area contributed by atoms with Gasteiger partial charge >= 0.3 is 11.7 Å². The molecule has 0 bridgehead atoms. The lowest BCUT2D eigenvalue weighted by atomic mass is 10.1. The number of hydrogen-bond acceptors (Lipinski definition) is 6. The minimum absolute atomic E-state index is 0.0572. The molecule has 27 heavy (non-hydrogen) atoms. The Morgan fingerprint density at radius 2 is 1.78 bits per heavy atom. The SMILES string of the molecule is CCOC(=O)c1c(NC(=O)c2ccc(S(=O)(=O)C(F)F)cc2)sc(C)c1C. The maximum absolute atomic E-state index is 12.6. The lowest BCUT2D eigenvalue weighted by Gasteiger charge is -2.08. The van der Waals surface area contributed by atoms with Gasteiger partial charge in [0, 0.05) is 10.4 Å². The van der Waals surface area contributed by atoms with E-state index in [2.05, 4.69) is 5.32 Å². The molecule has 0 saturated carbocycles. The Labute approximate surface area is 159 Å². The van der Waals surface area contributed by atoms with Crippen molar-refractivity contribution in [3.8, 4) is 0 Å². The molecule has 0 spiro atoms. The monoisotopic (exact) mass is 417 g/mol. The molecule has 2 aromatic rings. The summed E-state index contributed by atoms with van der Waals surface area (Å²) in [6.45, 7) is 5.38. The third kappa shape index (κ3) is 4.33. The van der Waals surface area contributed by atoms with Crippen LogP contribution in [0.25, 0.3) is 0 Å². The van der Waals surface area contributed by atoms with Gasteiger partial charge in [-0.2, -0.15) is 8.78 Å². The Morgan fingerprint density at radius 1 is 1.19 bits per heavy atom. The normalized spacial score (nSPS) is 11.5. The number of thiophene rings is 1. The third-order valence-corrected chi connectivity index (χ3v) is 6.29. The predicted octanol–water partition coefficient (Wildman–Crippen LogP) is 3.79. The molecule has 10 heteroatoms. The number of sulfone groups is 1. The number of benzene rings is 1. The van der Waals surface area contributed by atoms with Crippen LogP contribution in [0.2, 0.25) is 0 Å². The number of carbonyl (C=O) groups is 2. The van der Waals surface area contributed by atoms with E-state index in [0.717, 1.165) is 29.1 Å². The number of hydrogen-bond donors (Lipinski definition) is 1. The van der Waals surface area contributed by atoms with Crippen molar-refractivity contribution in [1.82, 2.24) is 0 Å². The molecule has 0 atom stereocenters. The molecule has 6 nitrogen and oxygen atoms in total. The van der Waals surface area contributed by atoms with E-state index in [-0.39, 0.29) is 17.7 Å². The van der Waals surface area contributed by atoms with E-state index in [4.69, 9.17) is 4.74 Å². The zero-order valence-electron chi connectivity index (χ0n) is 14.7. The Morgan fingerprint density at radius 3 is 2.30 bits per heavy atom. The van der Waals surface area contributed by atoms with Crippen LogP contribution in [0, 0.1) is 13.8 Å². The molecule has 1 N–H and O–H groups in total. The van der Waals surface area contributed by atoms with Gasteiger partial charge in [-0.3, -0.25) is 4.79 Å². The second-order valence-corrected chi connectivity index (χ2v) is 8.63. The number of esters is 1. The molecule has 0 unspecified atom stereocenters. The summed E-state index contributed by atoms with van der Waals surface area (Å²) in [6, 6.07) is 4.13. The zero-order valence-corrected chi connectivity index (χ0v) is 16.3. The van der Waals surface area contributed by atoms with E-state index in [0.29, 0.717) is 10.6 Å². The molecule has 0 radical (unpaired) electrons. The molecule has 1 aromatic heterocycles. The van der Waals surface area contributed by atoms with Crippen LogP contribution < -0.4 is 5.32 Å². The van der Waals surface area contributed by atoms with Crippen LogP contribution in [-0.2, 0) is 14.6 Å². The second-order valence-electron chi connectivity index (χ2n) is 5.49. The topological polar surface area (TPSA) is 89.5 Å². The molecule has 0 fully saturated rings. The van der Waals surface area contributed by atoms with Gasteiger partial charge in [-0.1, -0.05) is 0 Å². The number of aryl methyl sites for hydroxylation is 1. The van der Waals surface area contributed by atoms with Crippen LogP contribution in [0.4, 0.5) is 13.8 Å². The lowest BCUT2D eigenvalue weighted by molar-refractivity contribution is 0.0527. The van der Waals surface area contributed by atoms with E-state index >= 15 is 0 Å². The lowest BCUT2D eigenvalue weighted by Crippen LogP contribution is -2.15. The fourth-order valence-electron chi connectivity index (χ4n) is 2.24. The summed E-state index contributed by atoms with van der Waals surface area (Å²) in [7, 11) is -4.73. The summed E-state index contributed by atoms with van der Waals surface area (Å²) >= 11 is 1.20. The highest BCUT2D eigenvalue weighted by Crippen LogP contribution is 2.33. The van der Waals surface area contributed by atoms with Gasteiger partial charge < -0.3 is 10.1 Å². The van der Waals surface area contributed by atoms with Gasteiger partial charge in [0.1, 0.15) is 5.00 Å². The molecule has 0 saturated heterocycles. The van der Waals surface area contributed by atoms with Crippen molar-refractivity contribution in [2.75, 3.05) is 11.9 Å². The Kier molecular flexibility index (Phi) is 6.32. The standard InChI is InChI=1S/C17H17F2NO5S2/c1-4-25-16(22)13-9(2)10(3)26-15(13)20-14(21)11-5-7-12(8-6-11)27(23,24)17(18)19/h5-8,17H,4H2,1-3H3,(H,20,21).